The second kappa shape index (κ2) is 9.72. The SMILES string of the molecule is COc1c(O)ccc(OC2OC(CO)C(O)C(O)C2O)c1-c1cc(=O)c2c(O)cc(O)c(OC)c2o1. The third-order valence-corrected chi connectivity index (χ3v) is 5.76. The van der Waals surface area contributed by atoms with Crippen molar-refractivity contribution in [1.82, 2.24) is 0 Å². The van der Waals surface area contributed by atoms with Crippen molar-refractivity contribution in [1.29, 1.82) is 0 Å². The summed E-state index contributed by atoms with van der Waals surface area (Å²) < 4.78 is 27.3. The molecule has 0 bridgehead atoms. The minimum absolute atomic E-state index is 0.140. The van der Waals surface area contributed by atoms with E-state index in [-0.39, 0.29) is 45.3 Å². The molecule has 1 fully saturated rings. The first-order valence-electron chi connectivity index (χ1n) is 10.6. The molecule has 1 aromatic heterocycles. The molecule has 0 amide bonds. The molecule has 7 N–H and O–H groups in total. The van der Waals surface area contributed by atoms with Crippen molar-refractivity contribution in [3.8, 4) is 45.8 Å². The van der Waals surface area contributed by atoms with Gasteiger partial charge < -0.3 is 59.1 Å². The Morgan fingerprint density at radius 2 is 1.58 bits per heavy atom. The van der Waals surface area contributed by atoms with E-state index in [4.69, 9.17) is 23.4 Å². The van der Waals surface area contributed by atoms with E-state index in [1.807, 2.05) is 0 Å². The summed E-state index contributed by atoms with van der Waals surface area (Å²) in [5.41, 5.74) is -1.20. The molecule has 4 rings (SSSR count). The van der Waals surface area contributed by atoms with Crippen molar-refractivity contribution >= 4 is 11.0 Å². The van der Waals surface area contributed by atoms with Gasteiger partial charge in [0.15, 0.2) is 28.3 Å². The lowest BCUT2D eigenvalue weighted by molar-refractivity contribution is -0.277. The van der Waals surface area contributed by atoms with Crippen LogP contribution in [0.1, 0.15) is 0 Å². The molecule has 194 valence electrons. The average molecular weight is 508 g/mol. The van der Waals surface area contributed by atoms with Crippen LogP contribution in [-0.2, 0) is 4.74 Å². The van der Waals surface area contributed by atoms with Gasteiger partial charge in [-0.25, -0.2) is 0 Å². The van der Waals surface area contributed by atoms with Crippen molar-refractivity contribution < 1.29 is 59.1 Å². The van der Waals surface area contributed by atoms with Crippen LogP contribution >= 0.6 is 0 Å². The fourth-order valence-corrected chi connectivity index (χ4v) is 3.98. The molecule has 0 saturated carbocycles. The van der Waals surface area contributed by atoms with Crippen molar-refractivity contribution in [3.05, 3.63) is 34.5 Å². The summed E-state index contributed by atoms with van der Waals surface area (Å²) in [6.07, 6.45) is -7.97. The summed E-state index contributed by atoms with van der Waals surface area (Å²) in [5.74, 6) is -2.36. The highest BCUT2D eigenvalue weighted by atomic mass is 16.7. The second-order valence-electron chi connectivity index (χ2n) is 7.93. The zero-order valence-electron chi connectivity index (χ0n) is 19.0. The molecule has 1 aliphatic rings. The largest absolute Gasteiger partial charge is 0.507 e. The third kappa shape index (κ3) is 4.12. The van der Waals surface area contributed by atoms with Crippen LogP contribution < -0.4 is 19.6 Å². The Morgan fingerprint density at radius 1 is 0.889 bits per heavy atom. The zero-order valence-corrected chi connectivity index (χ0v) is 19.0. The van der Waals surface area contributed by atoms with E-state index in [1.165, 1.54) is 26.4 Å². The second-order valence-corrected chi connectivity index (χ2v) is 7.93. The van der Waals surface area contributed by atoms with Gasteiger partial charge in [-0.15, -0.1) is 0 Å². The first kappa shape index (κ1) is 25.3. The van der Waals surface area contributed by atoms with E-state index in [0.717, 1.165) is 12.1 Å². The lowest BCUT2D eigenvalue weighted by Gasteiger charge is -2.39. The fraction of sp³-hybridized carbons (Fsp3) is 0.348. The minimum atomic E-state index is -1.76. The standard InChI is InChI=1S/C23H24O13/c1-32-20-8(25)3-4-12(35-23-19(31)18(30)17(29)14(7-24)36-23)16(20)13-6-10(27)15-9(26)5-11(28)21(33-2)22(15)34-13/h3-6,14,17-19,23-26,28-31H,7H2,1-2H3. The lowest BCUT2D eigenvalue weighted by Crippen LogP contribution is -2.60. The summed E-state index contributed by atoms with van der Waals surface area (Å²) in [6, 6.07) is 4.30. The third-order valence-electron chi connectivity index (χ3n) is 5.76. The lowest BCUT2D eigenvalue weighted by atomic mass is 9.99. The van der Waals surface area contributed by atoms with Gasteiger partial charge in [-0.2, -0.15) is 0 Å². The average Bonchev–Trinajstić information content (AvgIpc) is 2.84. The van der Waals surface area contributed by atoms with Crippen LogP contribution in [-0.4, -0.2) is 87.3 Å². The first-order valence-corrected chi connectivity index (χ1v) is 10.6. The van der Waals surface area contributed by atoms with E-state index in [1.54, 1.807) is 0 Å². The number of aliphatic hydroxyl groups excluding tert-OH is 4. The van der Waals surface area contributed by atoms with E-state index in [9.17, 15) is 40.5 Å². The number of aliphatic hydroxyl groups is 4. The predicted octanol–water partition coefficient (Wildman–Crippen LogP) is -0.227. The Labute approximate surface area is 202 Å². The number of phenols is 3. The number of rotatable bonds is 6. The molecule has 0 radical (unpaired) electrons. The van der Waals surface area contributed by atoms with Crippen molar-refractivity contribution in [2.24, 2.45) is 0 Å². The summed E-state index contributed by atoms with van der Waals surface area (Å²) in [4.78, 5) is 12.9. The molecule has 13 heteroatoms. The summed E-state index contributed by atoms with van der Waals surface area (Å²) >= 11 is 0. The molecule has 36 heavy (non-hydrogen) atoms. The van der Waals surface area contributed by atoms with E-state index in [0.29, 0.717) is 0 Å². The van der Waals surface area contributed by atoms with E-state index in [2.05, 4.69) is 0 Å². The van der Waals surface area contributed by atoms with Gasteiger partial charge in [-0.3, -0.25) is 4.79 Å². The molecule has 0 aliphatic carbocycles. The Bertz CT molecular complexity index is 1330. The van der Waals surface area contributed by atoms with Crippen LogP contribution in [0.3, 0.4) is 0 Å². The Hall–Kier alpha value is -3.75. The summed E-state index contributed by atoms with van der Waals surface area (Å²) in [6.45, 7) is -0.692. The van der Waals surface area contributed by atoms with E-state index < -0.39 is 54.2 Å². The molecule has 2 heterocycles. The first-order chi connectivity index (χ1) is 17.1. The number of hydrogen-bond donors (Lipinski definition) is 7. The van der Waals surface area contributed by atoms with Crippen molar-refractivity contribution in [3.63, 3.8) is 0 Å². The molecule has 5 atom stereocenters. The minimum Gasteiger partial charge on any atom is -0.507 e. The molecule has 5 unspecified atom stereocenters. The molecular weight excluding hydrogens is 484 g/mol. The summed E-state index contributed by atoms with van der Waals surface area (Å²) in [7, 11) is 2.42. The van der Waals surface area contributed by atoms with Crippen LogP contribution in [0.25, 0.3) is 22.3 Å². The predicted molar refractivity (Wildman–Crippen MR) is 120 cm³/mol. The monoisotopic (exact) mass is 508 g/mol. The maximum Gasteiger partial charge on any atom is 0.229 e. The highest BCUT2D eigenvalue weighted by Crippen LogP contribution is 2.47. The van der Waals surface area contributed by atoms with Crippen molar-refractivity contribution in [2.75, 3.05) is 20.8 Å². The van der Waals surface area contributed by atoms with Gasteiger partial charge in [0.2, 0.25) is 12.0 Å². The van der Waals surface area contributed by atoms with Gasteiger partial charge >= 0.3 is 0 Å². The quantitative estimate of drug-likeness (QED) is 0.230. The number of hydrogen-bond acceptors (Lipinski definition) is 13. The molecular formula is C23H24O13. The molecule has 1 saturated heterocycles. The summed E-state index contributed by atoms with van der Waals surface area (Å²) in [5, 5.41) is 70.3. The van der Waals surface area contributed by atoms with Crippen LogP contribution in [0.2, 0.25) is 0 Å². The van der Waals surface area contributed by atoms with Gasteiger partial charge in [0.05, 0.1) is 20.8 Å². The molecule has 1 aliphatic heterocycles. The maximum atomic E-state index is 12.9. The van der Waals surface area contributed by atoms with Gasteiger partial charge in [0.25, 0.3) is 0 Å². The Balaban J connectivity index is 1.91. The Kier molecular flexibility index (Phi) is 6.84. The number of methoxy groups -OCH3 is 2. The fourth-order valence-electron chi connectivity index (χ4n) is 3.98. The van der Waals surface area contributed by atoms with Crippen LogP contribution in [0, 0.1) is 0 Å². The van der Waals surface area contributed by atoms with Gasteiger partial charge in [0.1, 0.15) is 52.6 Å². The van der Waals surface area contributed by atoms with Crippen molar-refractivity contribution in [2.45, 2.75) is 30.7 Å². The van der Waals surface area contributed by atoms with Gasteiger partial charge in [0, 0.05) is 12.1 Å². The Morgan fingerprint density at radius 3 is 2.22 bits per heavy atom. The molecule has 13 nitrogen and oxygen atoms in total. The maximum absolute atomic E-state index is 12.9. The highest BCUT2D eigenvalue weighted by molar-refractivity contribution is 5.92. The topological polar surface area (TPSA) is 209 Å². The van der Waals surface area contributed by atoms with E-state index >= 15 is 0 Å². The molecule has 3 aromatic rings. The van der Waals surface area contributed by atoms with Gasteiger partial charge in [-0.05, 0) is 12.1 Å². The smallest absolute Gasteiger partial charge is 0.229 e. The van der Waals surface area contributed by atoms with Crippen LogP contribution in [0.4, 0.5) is 0 Å². The molecule has 0 spiro atoms. The number of ether oxygens (including phenoxy) is 4. The van der Waals surface area contributed by atoms with Gasteiger partial charge in [-0.1, -0.05) is 0 Å². The number of benzene rings is 2. The van der Waals surface area contributed by atoms with Crippen LogP contribution in [0.5, 0.6) is 34.5 Å². The zero-order chi connectivity index (χ0) is 26.3. The van der Waals surface area contributed by atoms with Crippen LogP contribution in [0.15, 0.2) is 33.5 Å². The number of aromatic hydroxyl groups is 3. The number of fused-ring (bicyclic) bond motifs is 1. The molecule has 2 aromatic carbocycles. The highest BCUT2D eigenvalue weighted by Gasteiger charge is 2.45. The number of phenolic OH excluding ortho intramolecular Hbond substituents is 3. The normalized spacial score (nSPS) is 24.0.